The van der Waals surface area contributed by atoms with Crippen molar-refractivity contribution in [2.75, 3.05) is 31.6 Å². The van der Waals surface area contributed by atoms with Gasteiger partial charge in [0.2, 0.25) is 5.91 Å². The Labute approximate surface area is 190 Å². The van der Waals surface area contributed by atoms with Gasteiger partial charge in [0.25, 0.3) is 5.91 Å². The van der Waals surface area contributed by atoms with Crippen LogP contribution in [0.25, 0.3) is 0 Å². The first-order chi connectivity index (χ1) is 15.6. The number of hydrogen-bond acceptors (Lipinski definition) is 4. The Kier molecular flexibility index (Phi) is 7.55. The predicted molar refractivity (Wildman–Crippen MR) is 126 cm³/mol. The number of amides is 2. The van der Waals surface area contributed by atoms with E-state index in [0.717, 1.165) is 51.9 Å². The predicted octanol–water partition coefficient (Wildman–Crippen LogP) is 3.75. The van der Waals surface area contributed by atoms with E-state index in [2.05, 4.69) is 46.7 Å². The first-order valence-electron chi connectivity index (χ1n) is 11.7. The highest BCUT2D eigenvalue weighted by molar-refractivity contribution is 6.04. The van der Waals surface area contributed by atoms with Gasteiger partial charge in [-0.15, -0.1) is 0 Å². The third-order valence-electron chi connectivity index (χ3n) is 6.31. The van der Waals surface area contributed by atoms with Gasteiger partial charge in [-0.2, -0.15) is 0 Å². The summed E-state index contributed by atoms with van der Waals surface area (Å²) >= 11 is 0. The zero-order valence-corrected chi connectivity index (χ0v) is 18.8. The summed E-state index contributed by atoms with van der Waals surface area (Å²) in [7, 11) is 0. The molecule has 2 aliphatic rings. The van der Waals surface area contributed by atoms with E-state index in [0.29, 0.717) is 17.8 Å². The lowest BCUT2D eigenvalue weighted by atomic mass is 9.96. The minimum absolute atomic E-state index is 0.0154. The van der Waals surface area contributed by atoms with Gasteiger partial charge < -0.3 is 15.4 Å². The van der Waals surface area contributed by atoms with Crippen LogP contribution in [0.2, 0.25) is 0 Å². The maximum Gasteiger partial charge on any atom is 0.253 e. The molecule has 2 heterocycles. The standard InChI is InChI=1S/C26H33N3O3/c1-19-7-4-8-20(15-19)17-29-13-5-9-21(18-29)25(30)28-24-12-3-2-11-23(24)26(31)27-16-22-10-6-14-32-22/h2-4,7-8,11-12,15,21-22H,5-6,9-10,13-14,16-18H2,1H3,(H,27,31)(H,28,30). The second-order valence-electron chi connectivity index (χ2n) is 8.94. The lowest BCUT2D eigenvalue weighted by Gasteiger charge is -2.32. The van der Waals surface area contributed by atoms with E-state index in [4.69, 9.17) is 4.74 Å². The van der Waals surface area contributed by atoms with Crippen LogP contribution in [0.1, 0.15) is 47.2 Å². The Hall–Kier alpha value is -2.70. The van der Waals surface area contributed by atoms with Gasteiger partial charge in [-0.05, 0) is 56.8 Å². The van der Waals surface area contributed by atoms with Gasteiger partial charge in [-0.1, -0.05) is 42.0 Å². The largest absolute Gasteiger partial charge is 0.376 e. The number of nitrogens with zero attached hydrogens (tertiary/aromatic N) is 1. The molecule has 6 nitrogen and oxygen atoms in total. The van der Waals surface area contributed by atoms with E-state index in [1.165, 1.54) is 11.1 Å². The fourth-order valence-corrected chi connectivity index (χ4v) is 4.61. The number of piperidine rings is 1. The van der Waals surface area contributed by atoms with Gasteiger partial charge in [0.1, 0.15) is 0 Å². The van der Waals surface area contributed by atoms with Crippen molar-refractivity contribution in [3.63, 3.8) is 0 Å². The summed E-state index contributed by atoms with van der Waals surface area (Å²) in [6, 6.07) is 15.7. The molecule has 2 aliphatic heterocycles. The Bertz CT molecular complexity index is 939. The number of aryl methyl sites for hydroxylation is 1. The van der Waals surface area contributed by atoms with Gasteiger partial charge in [0, 0.05) is 26.2 Å². The van der Waals surface area contributed by atoms with Crippen molar-refractivity contribution < 1.29 is 14.3 Å². The number of para-hydroxylation sites is 1. The SMILES string of the molecule is Cc1cccc(CN2CCCC(C(=O)Nc3ccccc3C(=O)NCC3CCCO3)C2)c1. The molecule has 0 spiro atoms. The van der Waals surface area contributed by atoms with Crippen molar-refractivity contribution in [3.05, 3.63) is 65.2 Å². The summed E-state index contributed by atoms with van der Waals surface area (Å²) in [4.78, 5) is 28.2. The number of anilines is 1. The Morgan fingerprint density at radius 1 is 1.09 bits per heavy atom. The quantitative estimate of drug-likeness (QED) is 0.695. The van der Waals surface area contributed by atoms with Crippen LogP contribution in [-0.4, -0.2) is 49.1 Å². The summed E-state index contributed by atoms with van der Waals surface area (Å²) < 4.78 is 5.58. The molecule has 2 atom stereocenters. The normalized spacial score (nSPS) is 21.3. The molecule has 2 unspecified atom stereocenters. The Morgan fingerprint density at radius 2 is 1.97 bits per heavy atom. The molecule has 0 aromatic heterocycles. The summed E-state index contributed by atoms with van der Waals surface area (Å²) in [5, 5.41) is 5.97. The zero-order chi connectivity index (χ0) is 22.3. The van der Waals surface area contributed by atoms with Crippen LogP contribution in [0, 0.1) is 12.8 Å². The monoisotopic (exact) mass is 435 g/mol. The number of nitrogens with one attached hydrogen (secondary N) is 2. The number of hydrogen-bond donors (Lipinski definition) is 2. The highest BCUT2D eigenvalue weighted by Gasteiger charge is 2.27. The van der Waals surface area contributed by atoms with E-state index in [9.17, 15) is 9.59 Å². The first-order valence-corrected chi connectivity index (χ1v) is 11.7. The average Bonchev–Trinajstić information content (AvgIpc) is 3.32. The minimum atomic E-state index is -0.180. The van der Waals surface area contributed by atoms with Gasteiger partial charge in [-0.3, -0.25) is 14.5 Å². The molecule has 2 aromatic carbocycles. The third-order valence-corrected chi connectivity index (χ3v) is 6.31. The van der Waals surface area contributed by atoms with E-state index >= 15 is 0 Å². The van der Waals surface area contributed by atoms with Crippen LogP contribution < -0.4 is 10.6 Å². The van der Waals surface area contributed by atoms with Gasteiger partial charge in [0.05, 0.1) is 23.3 Å². The molecule has 2 saturated heterocycles. The van der Waals surface area contributed by atoms with Gasteiger partial charge in [-0.25, -0.2) is 0 Å². The minimum Gasteiger partial charge on any atom is -0.376 e. The van der Waals surface area contributed by atoms with Crippen LogP contribution in [0.4, 0.5) is 5.69 Å². The fourth-order valence-electron chi connectivity index (χ4n) is 4.61. The molecule has 4 rings (SSSR count). The number of likely N-dealkylation sites (tertiary alicyclic amines) is 1. The van der Waals surface area contributed by atoms with Crippen molar-refractivity contribution in [1.82, 2.24) is 10.2 Å². The van der Waals surface area contributed by atoms with Crippen LogP contribution in [-0.2, 0) is 16.1 Å². The molecule has 170 valence electrons. The maximum absolute atomic E-state index is 13.1. The van der Waals surface area contributed by atoms with Crippen LogP contribution in [0.5, 0.6) is 0 Å². The topological polar surface area (TPSA) is 70.7 Å². The lowest BCUT2D eigenvalue weighted by molar-refractivity contribution is -0.121. The summed E-state index contributed by atoms with van der Waals surface area (Å²) in [5.74, 6) is -0.281. The molecular weight excluding hydrogens is 402 g/mol. The second-order valence-corrected chi connectivity index (χ2v) is 8.94. The number of benzene rings is 2. The van der Waals surface area contributed by atoms with Crippen LogP contribution in [0.15, 0.2) is 48.5 Å². The molecule has 0 aliphatic carbocycles. The third kappa shape index (κ3) is 5.96. The van der Waals surface area contributed by atoms with Crippen molar-refractivity contribution >= 4 is 17.5 Å². The number of ether oxygens (including phenoxy) is 1. The molecule has 2 aromatic rings. The van der Waals surface area contributed by atoms with Gasteiger partial charge >= 0.3 is 0 Å². The van der Waals surface area contributed by atoms with Crippen LogP contribution in [0.3, 0.4) is 0 Å². The number of carbonyl (C=O) groups excluding carboxylic acids is 2. The summed E-state index contributed by atoms with van der Waals surface area (Å²) in [6.45, 7) is 5.94. The van der Waals surface area contributed by atoms with E-state index in [-0.39, 0.29) is 23.8 Å². The second kappa shape index (κ2) is 10.7. The average molecular weight is 436 g/mol. The summed E-state index contributed by atoms with van der Waals surface area (Å²) in [5.41, 5.74) is 3.59. The molecule has 2 fully saturated rings. The molecular formula is C26H33N3O3. The van der Waals surface area contributed by atoms with Gasteiger partial charge in [0.15, 0.2) is 0 Å². The van der Waals surface area contributed by atoms with Crippen LogP contribution >= 0.6 is 0 Å². The van der Waals surface area contributed by atoms with E-state index < -0.39 is 0 Å². The molecule has 2 amide bonds. The van der Waals surface area contributed by atoms with Crippen molar-refractivity contribution in [2.24, 2.45) is 5.92 Å². The molecule has 2 N–H and O–H groups in total. The Balaban J connectivity index is 1.35. The number of carbonyl (C=O) groups is 2. The smallest absolute Gasteiger partial charge is 0.253 e. The van der Waals surface area contributed by atoms with Crippen molar-refractivity contribution in [2.45, 2.75) is 45.3 Å². The van der Waals surface area contributed by atoms with Crippen molar-refractivity contribution in [1.29, 1.82) is 0 Å². The summed E-state index contributed by atoms with van der Waals surface area (Å²) in [6.07, 6.45) is 3.95. The molecule has 0 radical (unpaired) electrons. The zero-order valence-electron chi connectivity index (χ0n) is 18.8. The van der Waals surface area contributed by atoms with E-state index in [1.54, 1.807) is 12.1 Å². The number of rotatable bonds is 7. The molecule has 0 saturated carbocycles. The fraction of sp³-hybridized carbons (Fsp3) is 0.462. The lowest BCUT2D eigenvalue weighted by Crippen LogP contribution is -2.40. The van der Waals surface area contributed by atoms with E-state index in [1.807, 2.05) is 12.1 Å². The Morgan fingerprint density at radius 3 is 2.78 bits per heavy atom. The van der Waals surface area contributed by atoms with Crippen molar-refractivity contribution in [3.8, 4) is 0 Å². The molecule has 0 bridgehead atoms. The highest BCUT2D eigenvalue weighted by atomic mass is 16.5. The molecule has 6 heteroatoms. The molecule has 32 heavy (non-hydrogen) atoms. The first kappa shape index (κ1) is 22.5. The highest BCUT2D eigenvalue weighted by Crippen LogP contribution is 2.22. The maximum atomic E-state index is 13.1.